The van der Waals surface area contributed by atoms with Crippen LogP contribution in [0, 0.1) is 0 Å². The van der Waals surface area contributed by atoms with Crippen molar-refractivity contribution in [1.29, 1.82) is 0 Å². The maximum absolute atomic E-state index is 12.1. The van der Waals surface area contributed by atoms with E-state index < -0.39 is 0 Å². The van der Waals surface area contributed by atoms with Crippen LogP contribution in [0.4, 0.5) is 4.79 Å². The van der Waals surface area contributed by atoms with Crippen LogP contribution in [0.3, 0.4) is 0 Å². The van der Waals surface area contributed by atoms with Crippen molar-refractivity contribution in [2.24, 2.45) is 0 Å². The van der Waals surface area contributed by atoms with Gasteiger partial charge in [0.05, 0.1) is 13.2 Å². The number of benzene rings is 1. The van der Waals surface area contributed by atoms with Crippen molar-refractivity contribution in [3.05, 3.63) is 34.3 Å². The number of hydrogen-bond acceptors (Lipinski definition) is 3. The van der Waals surface area contributed by atoms with Gasteiger partial charge in [-0.2, -0.15) is 0 Å². The van der Waals surface area contributed by atoms with Gasteiger partial charge in [0.25, 0.3) is 0 Å². The van der Waals surface area contributed by atoms with E-state index in [1.807, 2.05) is 24.3 Å². The molecule has 0 N–H and O–H groups in total. The van der Waals surface area contributed by atoms with Crippen LogP contribution in [0.5, 0.6) is 0 Å². The second-order valence-corrected chi connectivity index (χ2v) is 5.22. The Balaban J connectivity index is 2.00. The van der Waals surface area contributed by atoms with Crippen molar-refractivity contribution >= 4 is 27.9 Å². The van der Waals surface area contributed by atoms with Gasteiger partial charge in [-0.15, -0.1) is 0 Å². The topological polar surface area (TPSA) is 49.9 Å². The lowest BCUT2D eigenvalue weighted by molar-refractivity contribution is -0.125. The maximum atomic E-state index is 12.1. The summed E-state index contributed by atoms with van der Waals surface area (Å²) in [5, 5.41) is 0. The molecule has 0 bridgehead atoms. The normalized spacial score (nSPS) is 15.5. The molecule has 0 aliphatic carbocycles. The number of carbonyl (C=O) groups excluding carboxylic acids is 2. The summed E-state index contributed by atoms with van der Waals surface area (Å²) in [5.74, 6) is -0.167. The number of amides is 3. The molecule has 0 unspecified atom stereocenters. The summed E-state index contributed by atoms with van der Waals surface area (Å²) in [4.78, 5) is 26.6. The number of imide groups is 1. The van der Waals surface area contributed by atoms with E-state index in [-0.39, 0.29) is 18.5 Å². The Morgan fingerprint density at radius 1 is 1.26 bits per heavy atom. The zero-order chi connectivity index (χ0) is 13.8. The number of methoxy groups -OCH3 is 1. The summed E-state index contributed by atoms with van der Waals surface area (Å²) < 4.78 is 5.89. The van der Waals surface area contributed by atoms with Gasteiger partial charge in [-0.05, 0) is 17.7 Å². The molecule has 1 aliphatic heterocycles. The van der Waals surface area contributed by atoms with Gasteiger partial charge in [0, 0.05) is 18.1 Å². The molecule has 1 saturated heterocycles. The smallest absolute Gasteiger partial charge is 0.327 e. The van der Waals surface area contributed by atoms with Crippen molar-refractivity contribution in [3.8, 4) is 0 Å². The van der Waals surface area contributed by atoms with E-state index in [4.69, 9.17) is 4.74 Å². The number of rotatable bonds is 5. The van der Waals surface area contributed by atoms with E-state index in [9.17, 15) is 9.59 Å². The van der Waals surface area contributed by atoms with Gasteiger partial charge >= 0.3 is 6.03 Å². The molecule has 2 rings (SSSR count). The van der Waals surface area contributed by atoms with E-state index in [1.165, 1.54) is 4.90 Å². The first-order valence-corrected chi connectivity index (χ1v) is 6.74. The molecule has 0 radical (unpaired) electrons. The third-order valence-corrected chi connectivity index (χ3v) is 3.46. The van der Waals surface area contributed by atoms with Gasteiger partial charge in [-0.3, -0.25) is 9.69 Å². The van der Waals surface area contributed by atoms with Gasteiger partial charge in [-0.1, -0.05) is 28.1 Å². The minimum atomic E-state index is -0.245. The molecule has 1 heterocycles. The van der Waals surface area contributed by atoms with Gasteiger partial charge in [0.1, 0.15) is 6.54 Å². The Labute approximate surface area is 120 Å². The van der Waals surface area contributed by atoms with Crippen LogP contribution >= 0.6 is 15.9 Å². The highest BCUT2D eigenvalue weighted by molar-refractivity contribution is 9.10. The zero-order valence-electron chi connectivity index (χ0n) is 10.6. The predicted molar refractivity (Wildman–Crippen MR) is 73.5 cm³/mol. The largest absolute Gasteiger partial charge is 0.383 e. The third-order valence-electron chi connectivity index (χ3n) is 2.93. The highest BCUT2D eigenvalue weighted by Crippen LogP contribution is 2.16. The number of halogens is 1. The van der Waals surface area contributed by atoms with Crippen molar-refractivity contribution in [2.45, 2.75) is 6.54 Å². The summed E-state index contributed by atoms with van der Waals surface area (Å²) in [7, 11) is 1.55. The van der Waals surface area contributed by atoms with Gasteiger partial charge in [0.2, 0.25) is 5.91 Å². The first-order chi connectivity index (χ1) is 9.11. The van der Waals surface area contributed by atoms with E-state index in [0.717, 1.165) is 10.0 Å². The summed E-state index contributed by atoms with van der Waals surface area (Å²) in [5.41, 5.74) is 0.998. The number of carbonyl (C=O) groups is 2. The second-order valence-electron chi connectivity index (χ2n) is 4.30. The maximum Gasteiger partial charge on any atom is 0.327 e. The lowest BCUT2D eigenvalue weighted by Gasteiger charge is -2.16. The Morgan fingerprint density at radius 3 is 2.58 bits per heavy atom. The zero-order valence-corrected chi connectivity index (χ0v) is 12.2. The highest BCUT2D eigenvalue weighted by atomic mass is 79.9. The average molecular weight is 327 g/mol. The standard InChI is InChI=1S/C13H15BrN2O3/c1-19-7-6-16-12(17)9-15(13(16)18)8-10-2-4-11(14)5-3-10/h2-5H,6-9H2,1H3. The molecule has 0 atom stereocenters. The monoisotopic (exact) mass is 326 g/mol. The molecule has 102 valence electrons. The Hall–Kier alpha value is -1.40. The second kappa shape index (κ2) is 6.16. The van der Waals surface area contributed by atoms with E-state index in [2.05, 4.69) is 15.9 Å². The number of ether oxygens (including phenoxy) is 1. The van der Waals surface area contributed by atoms with E-state index in [0.29, 0.717) is 19.7 Å². The predicted octanol–water partition coefficient (Wildman–Crippen LogP) is 1.86. The third kappa shape index (κ3) is 3.33. The molecule has 0 spiro atoms. The van der Waals surface area contributed by atoms with Crippen LogP contribution < -0.4 is 0 Å². The molecule has 5 nitrogen and oxygen atoms in total. The Morgan fingerprint density at radius 2 is 1.95 bits per heavy atom. The molecule has 0 aromatic heterocycles. The molecule has 0 saturated carbocycles. The first-order valence-electron chi connectivity index (χ1n) is 5.94. The molecule has 3 amide bonds. The molecule has 19 heavy (non-hydrogen) atoms. The lowest BCUT2D eigenvalue weighted by atomic mass is 10.2. The van der Waals surface area contributed by atoms with Gasteiger partial charge < -0.3 is 9.64 Å². The molecular formula is C13H15BrN2O3. The van der Waals surface area contributed by atoms with Crippen LogP contribution in [-0.2, 0) is 16.1 Å². The summed E-state index contributed by atoms with van der Waals surface area (Å²) in [6.45, 7) is 1.26. The van der Waals surface area contributed by atoms with Crippen LogP contribution in [0.15, 0.2) is 28.7 Å². The van der Waals surface area contributed by atoms with Gasteiger partial charge in [-0.25, -0.2) is 4.79 Å². The molecule has 6 heteroatoms. The van der Waals surface area contributed by atoms with Gasteiger partial charge in [0.15, 0.2) is 0 Å². The highest BCUT2D eigenvalue weighted by Gasteiger charge is 2.35. The van der Waals surface area contributed by atoms with Crippen molar-refractivity contribution < 1.29 is 14.3 Å². The Bertz CT molecular complexity index is 475. The SMILES string of the molecule is COCCN1C(=O)CN(Cc2ccc(Br)cc2)C1=O. The summed E-state index contributed by atoms with van der Waals surface area (Å²) >= 11 is 3.36. The fourth-order valence-electron chi connectivity index (χ4n) is 1.93. The molecule has 1 aromatic carbocycles. The number of hydrogen-bond donors (Lipinski definition) is 0. The van der Waals surface area contributed by atoms with E-state index >= 15 is 0 Å². The van der Waals surface area contributed by atoms with Crippen molar-refractivity contribution in [1.82, 2.24) is 9.80 Å². The fourth-order valence-corrected chi connectivity index (χ4v) is 2.19. The molecular weight excluding hydrogens is 312 g/mol. The minimum Gasteiger partial charge on any atom is -0.383 e. The Kier molecular flexibility index (Phi) is 4.55. The fraction of sp³-hybridized carbons (Fsp3) is 0.385. The van der Waals surface area contributed by atoms with Crippen LogP contribution in [0.1, 0.15) is 5.56 Å². The lowest BCUT2D eigenvalue weighted by Crippen LogP contribution is -2.35. The summed E-state index contributed by atoms with van der Waals surface area (Å²) in [6.07, 6.45) is 0. The number of urea groups is 1. The van der Waals surface area contributed by atoms with Crippen LogP contribution in [0.25, 0.3) is 0 Å². The first kappa shape index (κ1) is 14.0. The van der Waals surface area contributed by atoms with Crippen LogP contribution in [-0.4, -0.2) is 48.5 Å². The minimum absolute atomic E-state index is 0.138. The van der Waals surface area contributed by atoms with Crippen LogP contribution in [0.2, 0.25) is 0 Å². The molecule has 1 fully saturated rings. The van der Waals surface area contributed by atoms with Crippen molar-refractivity contribution in [2.75, 3.05) is 26.8 Å². The van der Waals surface area contributed by atoms with Crippen molar-refractivity contribution in [3.63, 3.8) is 0 Å². The quantitative estimate of drug-likeness (QED) is 0.776. The average Bonchev–Trinajstić information content (AvgIpc) is 2.65. The summed E-state index contributed by atoms with van der Waals surface area (Å²) in [6, 6.07) is 7.45. The number of nitrogens with zero attached hydrogens (tertiary/aromatic N) is 2. The van der Waals surface area contributed by atoms with E-state index in [1.54, 1.807) is 12.0 Å². The molecule has 1 aromatic rings. The molecule has 1 aliphatic rings.